The van der Waals surface area contributed by atoms with Gasteiger partial charge in [-0.05, 0) is 73.8 Å². The minimum Gasteiger partial charge on any atom is -0.358 e. The monoisotopic (exact) mass is 530 g/mol. The predicted molar refractivity (Wildman–Crippen MR) is 143 cm³/mol. The van der Waals surface area contributed by atoms with Crippen LogP contribution < -0.4 is 5.32 Å². The quantitative estimate of drug-likeness (QED) is 0.272. The molecular formula is C29H25F3N6O. The fourth-order valence-electron chi connectivity index (χ4n) is 4.36. The van der Waals surface area contributed by atoms with Crippen molar-refractivity contribution in [3.63, 3.8) is 0 Å². The first kappa shape index (κ1) is 26.1. The van der Waals surface area contributed by atoms with Gasteiger partial charge in [-0.3, -0.25) is 9.78 Å². The van der Waals surface area contributed by atoms with E-state index >= 15 is 0 Å². The average Bonchev–Trinajstić information content (AvgIpc) is 3.38. The fourth-order valence-corrected chi connectivity index (χ4v) is 4.36. The van der Waals surface area contributed by atoms with E-state index in [1.54, 1.807) is 30.7 Å². The number of anilines is 1. The van der Waals surface area contributed by atoms with Crippen LogP contribution in [0.5, 0.6) is 0 Å². The number of benzene rings is 2. The number of nitrogens with one attached hydrogen (secondary N) is 2. The molecule has 1 amide bonds. The van der Waals surface area contributed by atoms with Gasteiger partial charge >= 0.3 is 6.18 Å². The second kappa shape index (κ2) is 10.7. The van der Waals surface area contributed by atoms with E-state index in [1.807, 2.05) is 43.3 Å². The second-order valence-corrected chi connectivity index (χ2v) is 9.40. The Bertz CT molecular complexity index is 1630. The van der Waals surface area contributed by atoms with Crippen LogP contribution >= 0.6 is 0 Å². The van der Waals surface area contributed by atoms with E-state index < -0.39 is 17.6 Å². The number of alkyl halides is 3. The van der Waals surface area contributed by atoms with Gasteiger partial charge in [0.2, 0.25) is 0 Å². The second-order valence-electron chi connectivity index (χ2n) is 9.40. The summed E-state index contributed by atoms with van der Waals surface area (Å²) < 4.78 is 39.3. The number of amides is 1. The Labute approximate surface area is 222 Å². The van der Waals surface area contributed by atoms with Gasteiger partial charge in [-0.2, -0.15) is 13.2 Å². The van der Waals surface area contributed by atoms with Crippen LogP contribution in [0.4, 0.5) is 18.9 Å². The normalized spacial score (nSPS) is 11.7. The van der Waals surface area contributed by atoms with Crippen molar-refractivity contribution in [1.29, 1.82) is 0 Å². The molecule has 5 rings (SSSR count). The van der Waals surface area contributed by atoms with E-state index in [1.165, 1.54) is 12.1 Å². The zero-order valence-corrected chi connectivity index (χ0v) is 21.3. The van der Waals surface area contributed by atoms with Crippen molar-refractivity contribution in [3.8, 4) is 11.3 Å². The van der Waals surface area contributed by atoms with Gasteiger partial charge in [0.15, 0.2) is 0 Å². The molecule has 0 aliphatic carbocycles. The molecule has 3 heterocycles. The van der Waals surface area contributed by atoms with Gasteiger partial charge in [0.05, 0.1) is 22.3 Å². The molecule has 0 saturated carbocycles. The van der Waals surface area contributed by atoms with Crippen LogP contribution in [0.3, 0.4) is 0 Å². The van der Waals surface area contributed by atoms with Gasteiger partial charge in [0.1, 0.15) is 5.82 Å². The molecule has 0 aliphatic heterocycles. The highest BCUT2D eigenvalue weighted by atomic mass is 19.4. The van der Waals surface area contributed by atoms with E-state index in [0.29, 0.717) is 24.4 Å². The molecule has 0 fully saturated rings. The predicted octanol–water partition coefficient (Wildman–Crippen LogP) is 5.94. The number of nitrogens with zero attached hydrogens (tertiary/aromatic N) is 4. The first-order chi connectivity index (χ1) is 18.7. The van der Waals surface area contributed by atoms with E-state index in [-0.39, 0.29) is 5.69 Å². The lowest BCUT2D eigenvalue weighted by Crippen LogP contribution is -2.16. The minimum atomic E-state index is -4.50. The van der Waals surface area contributed by atoms with Gasteiger partial charge in [0.25, 0.3) is 5.91 Å². The molecule has 0 atom stereocenters. The maximum atomic E-state index is 13.1. The molecule has 0 unspecified atom stereocenters. The van der Waals surface area contributed by atoms with E-state index in [2.05, 4.69) is 15.3 Å². The summed E-state index contributed by atoms with van der Waals surface area (Å²) >= 11 is 0. The van der Waals surface area contributed by atoms with Crippen molar-refractivity contribution in [2.24, 2.45) is 0 Å². The first-order valence-corrected chi connectivity index (χ1v) is 12.2. The van der Waals surface area contributed by atoms with Crippen LogP contribution in [0.25, 0.3) is 22.3 Å². The zero-order chi connectivity index (χ0) is 27.6. The summed E-state index contributed by atoms with van der Waals surface area (Å²) in [4.78, 5) is 32.0. The number of aromatic nitrogens is 4. The Hall–Kier alpha value is -4.57. The number of carbonyl (C=O) groups excluding carboxylic acids is 1. The molecule has 0 bridgehead atoms. The molecule has 5 aromatic rings. The Morgan fingerprint density at radius 1 is 1.00 bits per heavy atom. The lowest BCUT2D eigenvalue weighted by atomic mass is 9.99. The van der Waals surface area contributed by atoms with Crippen LogP contribution in [-0.2, 0) is 19.1 Å². The molecule has 198 valence electrons. The van der Waals surface area contributed by atoms with Crippen molar-refractivity contribution in [2.45, 2.75) is 19.1 Å². The number of hydrogen-bond donors (Lipinski definition) is 2. The summed E-state index contributed by atoms with van der Waals surface area (Å²) in [5.41, 5.74) is 4.50. The molecule has 2 N–H and O–H groups in total. The summed E-state index contributed by atoms with van der Waals surface area (Å²) in [6, 6.07) is 15.5. The standard InChI is InChI=1S/C29H25F3N6O/c1-38(2)17-20-9-8-18(28(39)35-23-7-3-6-22(15-23)29(30,31)32)13-21(20)14-25-36-24-10-12-34-27(24)26(37-25)19-5-4-11-33-16-19/h3-13,15-16,34H,14,17H2,1-2H3,(H,35,39). The number of pyridine rings is 1. The minimum absolute atomic E-state index is 0.0658. The van der Waals surface area contributed by atoms with Gasteiger partial charge in [-0.15, -0.1) is 0 Å². The number of carbonyl (C=O) groups is 1. The van der Waals surface area contributed by atoms with E-state index in [4.69, 9.17) is 9.97 Å². The van der Waals surface area contributed by atoms with Crippen LogP contribution in [0.1, 0.15) is 32.9 Å². The number of fused-ring (bicyclic) bond motifs is 1. The van der Waals surface area contributed by atoms with Gasteiger partial charge in [0, 0.05) is 48.4 Å². The number of rotatable bonds is 7. The van der Waals surface area contributed by atoms with E-state index in [9.17, 15) is 18.0 Å². The molecule has 3 aromatic heterocycles. The smallest absolute Gasteiger partial charge is 0.358 e. The summed E-state index contributed by atoms with van der Waals surface area (Å²) in [7, 11) is 3.89. The summed E-state index contributed by atoms with van der Waals surface area (Å²) in [5.74, 6) is 0.0569. The molecule has 7 nitrogen and oxygen atoms in total. The van der Waals surface area contributed by atoms with Gasteiger partial charge < -0.3 is 15.2 Å². The molecule has 0 radical (unpaired) electrons. The van der Waals surface area contributed by atoms with Crippen molar-refractivity contribution < 1.29 is 18.0 Å². The maximum absolute atomic E-state index is 13.1. The van der Waals surface area contributed by atoms with Crippen molar-refractivity contribution in [3.05, 3.63) is 107 Å². The Morgan fingerprint density at radius 3 is 2.59 bits per heavy atom. The molecule has 10 heteroatoms. The highest BCUT2D eigenvalue weighted by Gasteiger charge is 2.30. The lowest BCUT2D eigenvalue weighted by molar-refractivity contribution is -0.137. The Kier molecular flexibility index (Phi) is 7.12. The molecule has 2 aromatic carbocycles. The average molecular weight is 531 g/mol. The summed E-state index contributed by atoms with van der Waals surface area (Å²) in [6.07, 6.45) is 1.09. The SMILES string of the molecule is CN(C)Cc1ccc(C(=O)Nc2cccc(C(F)(F)F)c2)cc1Cc1nc(-c2cccnc2)c2[nH]ccc2n1. The van der Waals surface area contributed by atoms with Crippen molar-refractivity contribution >= 4 is 22.6 Å². The van der Waals surface area contributed by atoms with E-state index in [0.717, 1.165) is 45.6 Å². The molecule has 0 aliphatic rings. The van der Waals surface area contributed by atoms with Crippen molar-refractivity contribution in [1.82, 2.24) is 24.8 Å². The van der Waals surface area contributed by atoms with Crippen LogP contribution in [-0.4, -0.2) is 44.8 Å². The lowest BCUT2D eigenvalue weighted by Gasteiger charge is -2.16. The highest BCUT2D eigenvalue weighted by Crippen LogP contribution is 2.31. The fraction of sp³-hybridized carbons (Fsp3) is 0.172. The van der Waals surface area contributed by atoms with Crippen LogP contribution in [0.2, 0.25) is 0 Å². The third-order valence-electron chi connectivity index (χ3n) is 6.14. The summed E-state index contributed by atoms with van der Waals surface area (Å²) in [6.45, 7) is 0.618. The molecular weight excluding hydrogens is 505 g/mol. The Morgan fingerprint density at radius 2 is 1.85 bits per heavy atom. The van der Waals surface area contributed by atoms with Crippen LogP contribution in [0.15, 0.2) is 79.3 Å². The third kappa shape index (κ3) is 5.96. The molecule has 39 heavy (non-hydrogen) atoms. The first-order valence-electron chi connectivity index (χ1n) is 12.2. The number of halogens is 3. The number of H-pyrrole nitrogens is 1. The topological polar surface area (TPSA) is 86.8 Å². The number of aromatic amines is 1. The maximum Gasteiger partial charge on any atom is 0.416 e. The highest BCUT2D eigenvalue weighted by molar-refractivity contribution is 6.04. The Balaban J connectivity index is 1.49. The van der Waals surface area contributed by atoms with Gasteiger partial charge in [-0.1, -0.05) is 12.1 Å². The molecule has 0 spiro atoms. The third-order valence-corrected chi connectivity index (χ3v) is 6.14. The largest absolute Gasteiger partial charge is 0.416 e. The summed E-state index contributed by atoms with van der Waals surface area (Å²) in [5, 5.41) is 2.58. The van der Waals surface area contributed by atoms with Crippen molar-refractivity contribution in [2.75, 3.05) is 19.4 Å². The van der Waals surface area contributed by atoms with Crippen LogP contribution in [0, 0.1) is 0 Å². The zero-order valence-electron chi connectivity index (χ0n) is 21.3. The van der Waals surface area contributed by atoms with Gasteiger partial charge in [-0.25, -0.2) is 9.97 Å². The molecule has 0 saturated heterocycles. The number of hydrogen-bond acceptors (Lipinski definition) is 5.